The minimum Gasteiger partial charge on any atom is -0.493 e. The summed E-state index contributed by atoms with van der Waals surface area (Å²) in [5, 5.41) is 0. The number of carbonyl (C=O) groups excluding carboxylic acids is 2. The number of nitrogens with zero attached hydrogens (tertiary/aromatic N) is 4. The van der Waals surface area contributed by atoms with Gasteiger partial charge in [-0.3, -0.25) is 19.6 Å². The van der Waals surface area contributed by atoms with Crippen LogP contribution in [0.1, 0.15) is 72.6 Å². The monoisotopic (exact) mass is 620 g/mol. The molecule has 0 bridgehead atoms. The van der Waals surface area contributed by atoms with Gasteiger partial charge in [0, 0.05) is 37.5 Å². The van der Waals surface area contributed by atoms with E-state index in [0.29, 0.717) is 64.6 Å². The fourth-order valence-corrected chi connectivity index (χ4v) is 6.59. The molecule has 2 amide bonds. The summed E-state index contributed by atoms with van der Waals surface area (Å²) in [6.45, 7) is 4.02. The third kappa shape index (κ3) is 6.48. The summed E-state index contributed by atoms with van der Waals surface area (Å²) in [4.78, 5) is 38.8. The molecule has 4 atom stereocenters. The first-order chi connectivity index (χ1) is 21.9. The molecule has 6 rings (SSSR count). The fraction of sp³-hybridized carbons (Fsp3) is 0.529. The van der Waals surface area contributed by atoms with Crippen LogP contribution in [0.15, 0.2) is 34.3 Å². The number of unbranched alkanes of at least 4 members (excludes halogenated alkanes) is 4. The summed E-state index contributed by atoms with van der Waals surface area (Å²) in [5.41, 5.74) is 2.09. The van der Waals surface area contributed by atoms with Gasteiger partial charge in [0.25, 0.3) is 11.8 Å². The highest BCUT2D eigenvalue weighted by molar-refractivity contribution is 6.04. The maximum atomic E-state index is 13.9. The Labute approximate surface area is 263 Å². The molecule has 0 N–H and O–H groups in total. The highest BCUT2D eigenvalue weighted by atomic mass is 19.1. The number of ether oxygens (including phenoxy) is 4. The molecule has 4 aliphatic heterocycles. The van der Waals surface area contributed by atoms with Crippen LogP contribution in [0.5, 0.6) is 23.0 Å². The second-order valence-corrected chi connectivity index (χ2v) is 12.3. The molecule has 4 heterocycles. The Bertz CT molecular complexity index is 1390. The summed E-state index contributed by atoms with van der Waals surface area (Å²) >= 11 is 0. The standard InChI is InChI=1S/C34H41FN4O6/c1-21-11-23-17-36-27-15-31(29(42-2)13-25(27)33(40)38(23)19-21)44-9-7-5-4-6-8-10-45-32-16-28-26(14-30(32)43-3)34(41)39-20-22(35)12-24(39)18-37-28/h13-18,21-24H,4-12,19-20H2,1-3H3/t21-,22-,23-,24-/m0/s1. The fourth-order valence-electron chi connectivity index (χ4n) is 6.59. The maximum absolute atomic E-state index is 13.9. The molecule has 0 saturated carbocycles. The zero-order valence-corrected chi connectivity index (χ0v) is 26.2. The van der Waals surface area contributed by atoms with Crippen molar-refractivity contribution in [2.45, 2.75) is 70.1 Å². The van der Waals surface area contributed by atoms with E-state index in [9.17, 15) is 14.0 Å². The number of amides is 2. The Kier molecular flexibility index (Phi) is 9.23. The van der Waals surface area contributed by atoms with Crippen molar-refractivity contribution in [3.05, 3.63) is 35.4 Å². The normalized spacial score (nSPS) is 23.2. The molecule has 0 aromatic heterocycles. The third-order valence-corrected chi connectivity index (χ3v) is 8.97. The van der Waals surface area contributed by atoms with Gasteiger partial charge in [-0.2, -0.15) is 0 Å². The number of methoxy groups -OCH3 is 2. The average Bonchev–Trinajstić information content (AvgIpc) is 3.55. The molecule has 0 spiro atoms. The number of carbonyl (C=O) groups is 2. The lowest BCUT2D eigenvalue weighted by molar-refractivity contribution is 0.0760. The van der Waals surface area contributed by atoms with Gasteiger partial charge in [-0.05, 0) is 37.3 Å². The number of hydrogen-bond donors (Lipinski definition) is 0. The van der Waals surface area contributed by atoms with Gasteiger partial charge in [-0.25, -0.2) is 4.39 Å². The van der Waals surface area contributed by atoms with Crippen LogP contribution < -0.4 is 18.9 Å². The minimum absolute atomic E-state index is 0.00691. The Morgan fingerprint density at radius 1 is 0.711 bits per heavy atom. The molecule has 0 unspecified atom stereocenters. The van der Waals surface area contributed by atoms with Crippen LogP contribution in [0.25, 0.3) is 0 Å². The van der Waals surface area contributed by atoms with Gasteiger partial charge in [0.2, 0.25) is 0 Å². The molecule has 2 aromatic carbocycles. The average molecular weight is 621 g/mol. The van der Waals surface area contributed by atoms with Crippen LogP contribution in [0.2, 0.25) is 0 Å². The van der Waals surface area contributed by atoms with Crippen molar-refractivity contribution in [2.24, 2.45) is 15.9 Å². The smallest absolute Gasteiger partial charge is 0.256 e. The van der Waals surface area contributed by atoms with E-state index in [1.54, 1.807) is 31.5 Å². The van der Waals surface area contributed by atoms with Crippen molar-refractivity contribution >= 4 is 35.6 Å². The van der Waals surface area contributed by atoms with Gasteiger partial charge in [0.15, 0.2) is 23.0 Å². The molecule has 4 aliphatic rings. The SMILES string of the molecule is COc1cc2c(cc1OCCCCCCCOc1cc3c(cc1OC)C(=O)N1C[C@@H](F)C[C@H]1C=N3)N=C[C@@H]1C[C@H](C)CN1C2=O. The lowest BCUT2D eigenvalue weighted by Crippen LogP contribution is -2.35. The van der Waals surface area contributed by atoms with Crippen molar-refractivity contribution < 1.29 is 32.9 Å². The molecular formula is C34H41FN4O6. The molecule has 10 nitrogen and oxygen atoms in total. The Balaban J connectivity index is 0.947. The van der Waals surface area contributed by atoms with Crippen LogP contribution in [0, 0.1) is 5.92 Å². The van der Waals surface area contributed by atoms with Crippen LogP contribution in [0.4, 0.5) is 15.8 Å². The minimum atomic E-state index is -1.03. The van der Waals surface area contributed by atoms with Crippen molar-refractivity contribution in [1.29, 1.82) is 0 Å². The van der Waals surface area contributed by atoms with Crippen molar-refractivity contribution in [3.63, 3.8) is 0 Å². The summed E-state index contributed by atoms with van der Waals surface area (Å²) < 4.78 is 37.0. The molecule has 11 heteroatoms. The van der Waals surface area contributed by atoms with E-state index < -0.39 is 6.17 Å². The number of halogens is 1. The number of aliphatic imine (C=N–C) groups is 2. The van der Waals surface area contributed by atoms with Gasteiger partial charge in [0.05, 0.1) is 68.6 Å². The van der Waals surface area contributed by atoms with Gasteiger partial charge >= 0.3 is 0 Å². The van der Waals surface area contributed by atoms with Crippen LogP contribution in [-0.2, 0) is 0 Å². The number of fused-ring (bicyclic) bond motifs is 4. The third-order valence-electron chi connectivity index (χ3n) is 8.97. The molecule has 2 fully saturated rings. The summed E-state index contributed by atoms with van der Waals surface area (Å²) in [7, 11) is 3.12. The van der Waals surface area contributed by atoms with Crippen molar-refractivity contribution in [2.75, 3.05) is 40.5 Å². The summed E-state index contributed by atoms with van der Waals surface area (Å²) in [6.07, 6.45) is 8.45. The molecule has 240 valence electrons. The molecule has 45 heavy (non-hydrogen) atoms. The molecule has 0 radical (unpaired) electrons. The van der Waals surface area contributed by atoms with E-state index in [4.69, 9.17) is 18.9 Å². The maximum Gasteiger partial charge on any atom is 0.256 e. The zero-order valence-electron chi connectivity index (χ0n) is 26.2. The summed E-state index contributed by atoms with van der Waals surface area (Å²) in [5.74, 6) is 2.35. The molecule has 2 aromatic rings. The largest absolute Gasteiger partial charge is 0.493 e. The van der Waals surface area contributed by atoms with Crippen LogP contribution in [-0.4, -0.2) is 92.8 Å². The van der Waals surface area contributed by atoms with Gasteiger partial charge in [-0.1, -0.05) is 26.2 Å². The second-order valence-electron chi connectivity index (χ2n) is 12.3. The molecule has 0 aliphatic carbocycles. The zero-order chi connectivity index (χ0) is 31.5. The number of alkyl halides is 1. The first-order valence-electron chi connectivity index (χ1n) is 15.9. The van der Waals surface area contributed by atoms with Crippen molar-refractivity contribution in [3.8, 4) is 23.0 Å². The number of hydrogen-bond acceptors (Lipinski definition) is 8. The van der Waals surface area contributed by atoms with E-state index in [1.807, 2.05) is 17.2 Å². The van der Waals surface area contributed by atoms with Crippen LogP contribution >= 0.6 is 0 Å². The molecular weight excluding hydrogens is 579 g/mol. The van der Waals surface area contributed by atoms with Gasteiger partial charge < -0.3 is 28.7 Å². The van der Waals surface area contributed by atoms with E-state index >= 15 is 0 Å². The molecule has 2 saturated heterocycles. The summed E-state index contributed by atoms with van der Waals surface area (Å²) in [6, 6.07) is 6.65. The first kappa shape index (κ1) is 30.9. The predicted molar refractivity (Wildman–Crippen MR) is 169 cm³/mol. The highest BCUT2D eigenvalue weighted by Gasteiger charge is 2.38. The Morgan fingerprint density at radius 3 is 1.73 bits per heavy atom. The lowest BCUT2D eigenvalue weighted by atomic mass is 10.1. The Hall–Kier alpha value is -4.15. The first-order valence-corrected chi connectivity index (χ1v) is 15.9. The van der Waals surface area contributed by atoms with Crippen molar-refractivity contribution in [1.82, 2.24) is 9.80 Å². The van der Waals surface area contributed by atoms with Crippen LogP contribution in [0.3, 0.4) is 0 Å². The van der Waals surface area contributed by atoms with E-state index in [1.165, 1.54) is 12.0 Å². The topological polar surface area (TPSA) is 102 Å². The highest BCUT2D eigenvalue weighted by Crippen LogP contribution is 2.40. The van der Waals surface area contributed by atoms with Gasteiger partial charge in [0.1, 0.15) is 6.17 Å². The van der Waals surface area contributed by atoms with E-state index in [2.05, 4.69) is 16.9 Å². The van der Waals surface area contributed by atoms with Gasteiger partial charge in [-0.15, -0.1) is 0 Å². The lowest BCUT2D eigenvalue weighted by Gasteiger charge is -2.20. The number of rotatable bonds is 12. The second kappa shape index (κ2) is 13.5. The van der Waals surface area contributed by atoms with E-state index in [0.717, 1.165) is 45.1 Å². The van der Waals surface area contributed by atoms with E-state index in [-0.39, 0.29) is 36.9 Å². The number of benzene rings is 2. The Morgan fingerprint density at radius 2 is 1.20 bits per heavy atom. The predicted octanol–water partition coefficient (Wildman–Crippen LogP) is 5.95. The quantitative estimate of drug-likeness (QED) is 0.272.